The highest BCUT2D eigenvalue weighted by molar-refractivity contribution is 7.89. The predicted molar refractivity (Wildman–Crippen MR) is 109 cm³/mol. The van der Waals surface area contributed by atoms with Crippen LogP contribution in [0.25, 0.3) is 10.8 Å². The second-order valence-corrected chi connectivity index (χ2v) is 8.96. The van der Waals surface area contributed by atoms with Gasteiger partial charge in [0.15, 0.2) is 0 Å². The zero-order chi connectivity index (χ0) is 22.1. The number of sulfonamides is 1. The Hall–Kier alpha value is -2.62. The van der Waals surface area contributed by atoms with Crippen LogP contribution in [0.15, 0.2) is 65.6 Å². The number of nitrogens with zero attached hydrogens (tertiary/aromatic N) is 1. The van der Waals surface area contributed by atoms with E-state index in [-0.39, 0.29) is 15.6 Å². The quantitative estimate of drug-likeness (QED) is 0.601. The fraction of sp³-hybridized carbons (Fsp3) is 0.150. The SMILES string of the molecule is CN(CC(=O)Nc1ccc(C(F)(F)F)cc1Cl)S(=O)(=O)c1ccc2ccccc2c1. The Labute approximate surface area is 176 Å². The van der Waals surface area contributed by atoms with Crippen LogP contribution < -0.4 is 5.32 Å². The number of benzene rings is 3. The topological polar surface area (TPSA) is 66.5 Å². The van der Waals surface area contributed by atoms with Crippen LogP contribution in [0.1, 0.15) is 5.56 Å². The van der Waals surface area contributed by atoms with Crippen LogP contribution in [0, 0.1) is 0 Å². The van der Waals surface area contributed by atoms with Gasteiger partial charge in [-0.05, 0) is 41.1 Å². The first-order chi connectivity index (χ1) is 14.0. The number of alkyl halides is 3. The van der Waals surface area contributed by atoms with Gasteiger partial charge in [-0.25, -0.2) is 8.42 Å². The van der Waals surface area contributed by atoms with Crippen molar-refractivity contribution in [2.75, 3.05) is 18.9 Å². The second kappa shape index (κ2) is 8.25. The number of hydrogen-bond donors (Lipinski definition) is 1. The maximum Gasteiger partial charge on any atom is 0.416 e. The first-order valence-electron chi connectivity index (χ1n) is 8.60. The Kier molecular flexibility index (Phi) is 6.07. The Morgan fingerprint density at radius 3 is 2.33 bits per heavy atom. The first-order valence-corrected chi connectivity index (χ1v) is 10.4. The van der Waals surface area contributed by atoms with Crippen molar-refractivity contribution >= 4 is 44.0 Å². The van der Waals surface area contributed by atoms with E-state index < -0.39 is 34.2 Å². The van der Waals surface area contributed by atoms with E-state index in [4.69, 9.17) is 11.6 Å². The third-order valence-corrected chi connectivity index (χ3v) is 6.48. The molecule has 0 aromatic heterocycles. The molecule has 5 nitrogen and oxygen atoms in total. The average Bonchev–Trinajstić information content (AvgIpc) is 2.68. The molecule has 30 heavy (non-hydrogen) atoms. The first kappa shape index (κ1) is 22.1. The van der Waals surface area contributed by atoms with Gasteiger partial charge in [-0.1, -0.05) is 41.9 Å². The Morgan fingerprint density at radius 2 is 1.70 bits per heavy atom. The molecule has 0 bridgehead atoms. The standard InChI is InChI=1S/C20H16ClF3N2O3S/c1-26(30(28,29)16-8-6-13-4-2-3-5-14(13)10-16)12-19(27)25-18-9-7-15(11-17(18)21)20(22,23)24/h2-11H,12H2,1H3,(H,25,27). The molecule has 10 heteroatoms. The van der Waals surface area contributed by atoms with E-state index in [1.54, 1.807) is 18.2 Å². The molecule has 0 saturated heterocycles. The number of fused-ring (bicyclic) bond motifs is 1. The average molecular weight is 457 g/mol. The van der Waals surface area contributed by atoms with Gasteiger partial charge in [0.05, 0.1) is 27.7 Å². The number of likely N-dealkylation sites (N-methyl/N-ethyl adjacent to an activating group) is 1. The molecule has 0 aliphatic rings. The summed E-state index contributed by atoms with van der Waals surface area (Å²) in [5.41, 5.74) is -1.01. The van der Waals surface area contributed by atoms with Crippen LogP contribution in [0.5, 0.6) is 0 Å². The third-order valence-electron chi connectivity index (χ3n) is 4.37. The van der Waals surface area contributed by atoms with Gasteiger partial charge in [0.25, 0.3) is 0 Å². The third kappa shape index (κ3) is 4.75. The monoisotopic (exact) mass is 456 g/mol. The van der Waals surface area contributed by atoms with Crippen LogP contribution in [0.4, 0.5) is 18.9 Å². The fourth-order valence-corrected chi connectivity index (χ4v) is 4.17. The van der Waals surface area contributed by atoms with Crippen molar-refractivity contribution in [3.05, 3.63) is 71.2 Å². The lowest BCUT2D eigenvalue weighted by Crippen LogP contribution is -2.35. The zero-order valence-electron chi connectivity index (χ0n) is 15.6. The van der Waals surface area contributed by atoms with E-state index in [0.29, 0.717) is 6.07 Å². The maximum atomic E-state index is 12.8. The van der Waals surface area contributed by atoms with Gasteiger partial charge in [0, 0.05) is 7.05 Å². The van der Waals surface area contributed by atoms with E-state index in [0.717, 1.165) is 27.2 Å². The fourth-order valence-electron chi connectivity index (χ4n) is 2.78. The van der Waals surface area contributed by atoms with Crippen molar-refractivity contribution in [2.24, 2.45) is 0 Å². The summed E-state index contributed by atoms with van der Waals surface area (Å²) >= 11 is 5.81. The molecule has 0 atom stereocenters. The lowest BCUT2D eigenvalue weighted by atomic mass is 10.1. The van der Waals surface area contributed by atoms with Gasteiger partial charge >= 0.3 is 6.18 Å². The van der Waals surface area contributed by atoms with Crippen LogP contribution in [0.3, 0.4) is 0 Å². The molecule has 0 radical (unpaired) electrons. The van der Waals surface area contributed by atoms with Crippen molar-refractivity contribution in [2.45, 2.75) is 11.1 Å². The van der Waals surface area contributed by atoms with Crippen LogP contribution in [0.2, 0.25) is 5.02 Å². The van der Waals surface area contributed by atoms with Crippen LogP contribution in [-0.2, 0) is 21.0 Å². The summed E-state index contributed by atoms with van der Waals surface area (Å²) in [5, 5.41) is 3.62. The Bertz CT molecular complexity index is 1210. The zero-order valence-corrected chi connectivity index (χ0v) is 17.1. The lowest BCUT2D eigenvalue weighted by molar-refractivity contribution is -0.137. The smallest absolute Gasteiger partial charge is 0.324 e. The molecule has 0 heterocycles. The maximum absolute atomic E-state index is 12.8. The van der Waals surface area contributed by atoms with Gasteiger partial charge in [-0.15, -0.1) is 0 Å². The molecule has 3 rings (SSSR count). The van der Waals surface area contributed by atoms with Gasteiger partial charge in [0.2, 0.25) is 15.9 Å². The Balaban J connectivity index is 1.74. The number of rotatable bonds is 5. The van der Waals surface area contributed by atoms with Crippen molar-refractivity contribution in [1.82, 2.24) is 4.31 Å². The van der Waals surface area contributed by atoms with E-state index >= 15 is 0 Å². The van der Waals surface area contributed by atoms with E-state index in [1.165, 1.54) is 19.2 Å². The molecule has 3 aromatic rings. The minimum Gasteiger partial charge on any atom is -0.324 e. The van der Waals surface area contributed by atoms with Crippen molar-refractivity contribution < 1.29 is 26.4 Å². The summed E-state index contributed by atoms with van der Waals surface area (Å²) in [7, 11) is -2.73. The van der Waals surface area contributed by atoms with Gasteiger partial charge in [0.1, 0.15) is 0 Å². The van der Waals surface area contributed by atoms with E-state index in [9.17, 15) is 26.4 Å². The Morgan fingerprint density at radius 1 is 1.03 bits per heavy atom. The molecular weight excluding hydrogens is 441 g/mol. The molecule has 0 aliphatic carbocycles. The van der Waals surface area contributed by atoms with Gasteiger partial charge < -0.3 is 5.32 Å². The van der Waals surface area contributed by atoms with Gasteiger partial charge in [-0.3, -0.25) is 4.79 Å². The molecule has 0 spiro atoms. The number of hydrogen-bond acceptors (Lipinski definition) is 3. The summed E-state index contributed by atoms with van der Waals surface area (Å²) in [6.07, 6.45) is -4.57. The van der Waals surface area contributed by atoms with Crippen molar-refractivity contribution in [3.8, 4) is 0 Å². The van der Waals surface area contributed by atoms with Crippen LogP contribution >= 0.6 is 11.6 Å². The molecular formula is C20H16ClF3N2O3S. The van der Waals surface area contributed by atoms with Crippen molar-refractivity contribution in [3.63, 3.8) is 0 Å². The molecule has 0 unspecified atom stereocenters. The number of halogens is 4. The van der Waals surface area contributed by atoms with Crippen LogP contribution in [-0.4, -0.2) is 32.2 Å². The molecule has 0 saturated carbocycles. The number of nitrogens with one attached hydrogen (secondary N) is 1. The highest BCUT2D eigenvalue weighted by Crippen LogP contribution is 2.33. The normalized spacial score (nSPS) is 12.3. The minimum absolute atomic E-state index is 0.0177. The summed E-state index contributed by atoms with van der Waals surface area (Å²) < 4.78 is 64.5. The number of carbonyl (C=O) groups is 1. The summed E-state index contributed by atoms with van der Waals surface area (Å²) in [6.45, 7) is -0.549. The molecule has 1 amide bonds. The number of carbonyl (C=O) groups excluding carboxylic acids is 1. The highest BCUT2D eigenvalue weighted by atomic mass is 35.5. The molecule has 0 aliphatic heterocycles. The summed E-state index contributed by atoms with van der Waals surface area (Å²) in [4.78, 5) is 12.3. The van der Waals surface area contributed by atoms with Gasteiger partial charge in [-0.2, -0.15) is 17.5 Å². The van der Waals surface area contributed by atoms with E-state index in [1.807, 2.05) is 12.1 Å². The number of anilines is 1. The summed E-state index contributed by atoms with van der Waals surface area (Å²) in [5.74, 6) is -0.747. The molecule has 3 aromatic carbocycles. The number of amides is 1. The molecule has 0 fully saturated rings. The van der Waals surface area contributed by atoms with E-state index in [2.05, 4.69) is 5.32 Å². The molecule has 1 N–H and O–H groups in total. The lowest BCUT2D eigenvalue weighted by Gasteiger charge is -2.18. The largest absolute Gasteiger partial charge is 0.416 e. The minimum atomic E-state index is -4.57. The molecule has 158 valence electrons. The second-order valence-electron chi connectivity index (χ2n) is 6.51. The highest BCUT2D eigenvalue weighted by Gasteiger charge is 2.31. The summed E-state index contributed by atoms with van der Waals surface area (Å²) in [6, 6.07) is 14.3. The van der Waals surface area contributed by atoms with Crippen molar-refractivity contribution in [1.29, 1.82) is 0 Å². The predicted octanol–water partition coefficient (Wildman–Crippen LogP) is 4.77.